The molecule has 0 unspecified atom stereocenters. The average molecular weight is 416 g/mol. The van der Waals surface area contributed by atoms with E-state index in [0.29, 0.717) is 22.7 Å². The highest BCUT2D eigenvalue weighted by molar-refractivity contribution is 7.92. The summed E-state index contributed by atoms with van der Waals surface area (Å²) >= 11 is 0. The normalized spacial score (nSPS) is 17.7. The molecular weight excluding hydrogens is 396 g/mol. The van der Waals surface area contributed by atoms with Gasteiger partial charge in [-0.1, -0.05) is 6.42 Å². The Morgan fingerprint density at radius 1 is 1.00 bits per heavy atom. The van der Waals surface area contributed by atoms with Crippen molar-refractivity contribution in [3.63, 3.8) is 0 Å². The van der Waals surface area contributed by atoms with E-state index in [0.717, 1.165) is 25.7 Å². The molecule has 1 aromatic heterocycles. The van der Waals surface area contributed by atoms with E-state index in [1.165, 1.54) is 23.1 Å². The molecule has 1 fully saturated rings. The number of ether oxygens (including phenoxy) is 2. The van der Waals surface area contributed by atoms with Gasteiger partial charge in [-0.25, -0.2) is 13.2 Å². The molecule has 1 saturated carbocycles. The number of fused-ring (bicyclic) bond motifs is 2. The third-order valence-electron chi connectivity index (χ3n) is 5.48. The summed E-state index contributed by atoms with van der Waals surface area (Å²) < 4.78 is 46.7. The molecule has 0 saturated heterocycles. The van der Waals surface area contributed by atoms with Crippen LogP contribution in [0.25, 0.3) is 11.1 Å². The van der Waals surface area contributed by atoms with Gasteiger partial charge < -0.3 is 13.9 Å². The van der Waals surface area contributed by atoms with Gasteiger partial charge in [0.25, 0.3) is 15.8 Å². The molecule has 152 valence electrons. The van der Waals surface area contributed by atoms with Crippen LogP contribution in [0.3, 0.4) is 0 Å². The van der Waals surface area contributed by atoms with E-state index in [-0.39, 0.29) is 10.5 Å². The highest BCUT2D eigenvalue weighted by Crippen LogP contribution is 2.46. The second-order valence-electron chi connectivity index (χ2n) is 7.50. The van der Waals surface area contributed by atoms with E-state index in [1.54, 1.807) is 31.3 Å². The molecular formula is C20H20N2O6S. The lowest BCUT2D eigenvalue weighted by Crippen LogP contribution is -2.40. The Labute approximate surface area is 167 Å². The lowest BCUT2D eigenvalue weighted by atomic mass is 9.94. The Bertz CT molecular complexity index is 1270. The maximum absolute atomic E-state index is 12.8. The van der Waals surface area contributed by atoms with Gasteiger partial charge in [-0.15, -0.1) is 0 Å². The number of nitrogens with zero attached hydrogens (tertiary/aromatic N) is 1. The van der Waals surface area contributed by atoms with Crippen molar-refractivity contribution in [2.24, 2.45) is 7.05 Å². The zero-order valence-corrected chi connectivity index (χ0v) is 16.6. The third-order valence-corrected chi connectivity index (χ3v) is 6.86. The first-order chi connectivity index (χ1) is 13.9. The Hall–Kier alpha value is -2.94. The summed E-state index contributed by atoms with van der Waals surface area (Å²) in [6, 6.07) is 9.31. The summed E-state index contributed by atoms with van der Waals surface area (Å²) in [6.07, 6.45) is 4.91. The summed E-state index contributed by atoms with van der Waals surface area (Å²) in [7, 11) is -2.32. The number of benzene rings is 2. The Morgan fingerprint density at radius 3 is 2.55 bits per heavy atom. The molecule has 1 N–H and O–H groups in total. The number of nitrogens with one attached hydrogen (secondary N) is 1. The van der Waals surface area contributed by atoms with Crippen molar-refractivity contribution in [3.05, 3.63) is 46.9 Å². The lowest BCUT2D eigenvalue weighted by Gasteiger charge is -2.31. The maximum Gasteiger partial charge on any atom is 0.419 e. The summed E-state index contributed by atoms with van der Waals surface area (Å²) in [5.74, 6) is 0.00222. The molecule has 0 amide bonds. The van der Waals surface area contributed by atoms with Crippen LogP contribution in [0.15, 0.2) is 50.5 Å². The molecule has 1 aliphatic heterocycles. The molecule has 29 heavy (non-hydrogen) atoms. The van der Waals surface area contributed by atoms with Gasteiger partial charge in [0.1, 0.15) is 0 Å². The van der Waals surface area contributed by atoms with E-state index >= 15 is 0 Å². The fourth-order valence-corrected chi connectivity index (χ4v) is 5.01. The number of hydrogen-bond acceptors (Lipinski definition) is 6. The third kappa shape index (κ3) is 3.05. The monoisotopic (exact) mass is 416 g/mol. The molecule has 8 nitrogen and oxygen atoms in total. The van der Waals surface area contributed by atoms with E-state index in [9.17, 15) is 13.2 Å². The summed E-state index contributed by atoms with van der Waals surface area (Å²) in [6.45, 7) is 0. The van der Waals surface area contributed by atoms with Crippen molar-refractivity contribution in [2.75, 3.05) is 4.72 Å². The fraction of sp³-hybridized carbons (Fsp3) is 0.350. The van der Waals surface area contributed by atoms with E-state index in [2.05, 4.69) is 4.72 Å². The van der Waals surface area contributed by atoms with Crippen LogP contribution in [-0.2, 0) is 17.1 Å². The zero-order valence-electron chi connectivity index (χ0n) is 15.8. The van der Waals surface area contributed by atoms with Gasteiger partial charge in [0, 0.05) is 32.0 Å². The first-order valence-electron chi connectivity index (χ1n) is 9.50. The van der Waals surface area contributed by atoms with Crippen molar-refractivity contribution in [1.82, 2.24) is 4.57 Å². The predicted octanol–water partition coefficient (Wildman–Crippen LogP) is 3.36. The first-order valence-corrected chi connectivity index (χ1v) is 11.0. The maximum atomic E-state index is 12.8. The van der Waals surface area contributed by atoms with Crippen LogP contribution in [0.2, 0.25) is 0 Å². The van der Waals surface area contributed by atoms with Crippen LogP contribution in [0.5, 0.6) is 11.5 Å². The Kier molecular flexibility index (Phi) is 3.92. The number of rotatable bonds is 3. The molecule has 1 aliphatic carbocycles. The van der Waals surface area contributed by atoms with Crippen LogP contribution in [-0.4, -0.2) is 18.8 Å². The summed E-state index contributed by atoms with van der Waals surface area (Å²) in [4.78, 5) is 11.6. The average Bonchev–Trinajstić information content (AvgIpc) is 3.18. The van der Waals surface area contributed by atoms with Crippen LogP contribution in [0, 0.1) is 0 Å². The molecule has 3 aromatic rings. The number of sulfonamides is 1. The van der Waals surface area contributed by atoms with Crippen LogP contribution in [0.4, 0.5) is 5.69 Å². The minimum absolute atomic E-state index is 0.000711. The van der Waals surface area contributed by atoms with Gasteiger partial charge in [-0.3, -0.25) is 9.29 Å². The number of oxazole rings is 1. The van der Waals surface area contributed by atoms with Gasteiger partial charge in [0.15, 0.2) is 17.1 Å². The number of hydrogen-bond donors (Lipinski definition) is 1. The molecule has 2 aliphatic rings. The number of anilines is 1. The SMILES string of the molecule is Cn1c(=O)oc2cc(S(=O)(=O)Nc3ccc4c(c3)OC3(CCCCC3)O4)ccc21. The summed E-state index contributed by atoms with van der Waals surface area (Å²) in [5, 5.41) is 0. The van der Waals surface area contributed by atoms with E-state index < -0.39 is 21.6 Å². The molecule has 1 spiro atoms. The highest BCUT2D eigenvalue weighted by Gasteiger charge is 2.42. The first kappa shape index (κ1) is 18.1. The standard InChI is InChI=1S/C20H20N2O6S/c1-22-15-7-6-14(12-17(15)26-19(22)23)29(24,25)21-13-5-8-16-18(11-13)28-20(27-16)9-3-2-4-10-20/h5-8,11-12,21H,2-4,9-10H2,1H3. The van der Waals surface area contributed by atoms with Crippen LogP contribution in [0.1, 0.15) is 32.1 Å². The minimum Gasteiger partial charge on any atom is -0.448 e. The molecule has 9 heteroatoms. The quantitative estimate of drug-likeness (QED) is 0.703. The molecule has 5 rings (SSSR count). The van der Waals surface area contributed by atoms with Crippen molar-refractivity contribution >= 4 is 26.8 Å². The lowest BCUT2D eigenvalue weighted by molar-refractivity contribution is -0.105. The van der Waals surface area contributed by atoms with E-state index in [1.807, 2.05) is 0 Å². The zero-order chi connectivity index (χ0) is 20.2. The van der Waals surface area contributed by atoms with Crippen molar-refractivity contribution in [1.29, 1.82) is 0 Å². The van der Waals surface area contributed by atoms with Crippen LogP contribution >= 0.6 is 0 Å². The molecule has 0 radical (unpaired) electrons. The smallest absolute Gasteiger partial charge is 0.419 e. The van der Waals surface area contributed by atoms with Gasteiger partial charge in [0.05, 0.1) is 16.1 Å². The second-order valence-corrected chi connectivity index (χ2v) is 9.18. The minimum atomic E-state index is -3.88. The molecule has 2 heterocycles. The van der Waals surface area contributed by atoms with Gasteiger partial charge in [-0.2, -0.15) is 0 Å². The van der Waals surface area contributed by atoms with Gasteiger partial charge >= 0.3 is 5.76 Å². The van der Waals surface area contributed by atoms with Crippen molar-refractivity contribution < 1.29 is 22.3 Å². The molecule has 0 atom stereocenters. The Balaban J connectivity index is 1.42. The van der Waals surface area contributed by atoms with Crippen molar-refractivity contribution in [2.45, 2.75) is 42.8 Å². The predicted molar refractivity (Wildman–Crippen MR) is 106 cm³/mol. The fourth-order valence-electron chi connectivity index (χ4n) is 3.95. The number of aromatic nitrogens is 1. The van der Waals surface area contributed by atoms with E-state index in [4.69, 9.17) is 13.9 Å². The van der Waals surface area contributed by atoms with Crippen LogP contribution < -0.4 is 20.0 Å². The Morgan fingerprint density at radius 2 is 1.76 bits per heavy atom. The van der Waals surface area contributed by atoms with Crippen molar-refractivity contribution in [3.8, 4) is 11.5 Å². The topological polar surface area (TPSA) is 99.8 Å². The van der Waals surface area contributed by atoms with Gasteiger partial charge in [-0.05, 0) is 37.1 Å². The second kappa shape index (κ2) is 6.28. The number of aryl methyl sites for hydroxylation is 1. The van der Waals surface area contributed by atoms with Gasteiger partial charge in [0.2, 0.25) is 0 Å². The summed E-state index contributed by atoms with van der Waals surface area (Å²) in [5.41, 5.74) is 1.11. The molecule has 0 bridgehead atoms. The highest BCUT2D eigenvalue weighted by atomic mass is 32.2. The largest absolute Gasteiger partial charge is 0.448 e. The molecule has 2 aromatic carbocycles.